The van der Waals surface area contributed by atoms with Gasteiger partial charge in [-0.1, -0.05) is 72.8 Å². The van der Waals surface area contributed by atoms with Crippen molar-refractivity contribution in [3.05, 3.63) is 36.0 Å². The Bertz CT molecular complexity index is 622. The molecule has 1 N–H and O–H groups in total. The third-order valence-corrected chi connectivity index (χ3v) is 5.85. The molecule has 1 rings (SSSR count). The van der Waals surface area contributed by atoms with Crippen molar-refractivity contribution in [2.45, 2.75) is 80.6 Å². The zero-order valence-corrected chi connectivity index (χ0v) is 17.8. The van der Waals surface area contributed by atoms with E-state index < -0.39 is 5.41 Å². The van der Waals surface area contributed by atoms with E-state index in [2.05, 4.69) is 65.6 Å². The van der Waals surface area contributed by atoms with E-state index in [0.29, 0.717) is 12.8 Å². The molecule has 1 saturated heterocycles. The monoisotopic (exact) mass is 359 g/mol. The summed E-state index contributed by atoms with van der Waals surface area (Å²) in [5.41, 5.74) is 2.00. The molecule has 0 spiro atoms. The molecule has 0 aromatic rings. The summed E-state index contributed by atoms with van der Waals surface area (Å²) in [6, 6.07) is 0. The van der Waals surface area contributed by atoms with Crippen LogP contribution >= 0.6 is 0 Å². The summed E-state index contributed by atoms with van der Waals surface area (Å²) in [4.78, 5) is 23.8. The maximum Gasteiger partial charge on any atom is 0.233 e. The number of allylic oxidation sites excluding steroid dienone is 5. The summed E-state index contributed by atoms with van der Waals surface area (Å²) in [5, 5.41) is 2.45. The van der Waals surface area contributed by atoms with Gasteiger partial charge in [-0.2, -0.15) is 0 Å². The zero-order chi connectivity index (χ0) is 20.2. The van der Waals surface area contributed by atoms with Crippen LogP contribution in [0.5, 0.6) is 0 Å². The van der Waals surface area contributed by atoms with E-state index in [1.54, 1.807) is 0 Å². The molecular formula is C23H37NO2. The lowest BCUT2D eigenvalue weighted by Crippen LogP contribution is -2.31. The van der Waals surface area contributed by atoms with Gasteiger partial charge in [0.2, 0.25) is 11.8 Å². The first-order valence-corrected chi connectivity index (χ1v) is 9.78. The predicted octanol–water partition coefficient (Wildman–Crippen LogP) is 5.73. The Morgan fingerprint density at radius 1 is 1.15 bits per heavy atom. The van der Waals surface area contributed by atoms with Crippen LogP contribution in [-0.4, -0.2) is 11.8 Å². The lowest BCUT2D eigenvalue weighted by atomic mass is 9.66. The third-order valence-electron chi connectivity index (χ3n) is 5.85. The van der Waals surface area contributed by atoms with Gasteiger partial charge in [0, 0.05) is 6.42 Å². The summed E-state index contributed by atoms with van der Waals surface area (Å²) < 4.78 is 0. The van der Waals surface area contributed by atoms with Gasteiger partial charge in [-0.05, 0) is 48.2 Å². The SMILES string of the molecule is C=C/C=C(\C(=C/C)C(C)(C)CCC)C(C)(C)CCC1(C)CC(=O)NC1=O. The molecule has 1 aliphatic rings. The van der Waals surface area contributed by atoms with Crippen LogP contribution in [0.1, 0.15) is 80.6 Å². The van der Waals surface area contributed by atoms with Crippen molar-refractivity contribution in [3.8, 4) is 0 Å². The van der Waals surface area contributed by atoms with Gasteiger partial charge >= 0.3 is 0 Å². The summed E-state index contributed by atoms with van der Waals surface area (Å²) in [7, 11) is 0. The maximum atomic E-state index is 12.2. The van der Waals surface area contributed by atoms with Crippen LogP contribution in [0.25, 0.3) is 0 Å². The molecule has 0 saturated carbocycles. The van der Waals surface area contributed by atoms with Gasteiger partial charge < -0.3 is 0 Å². The number of rotatable bonds is 9. The molecule has 0 aromatic carbocycles. The summed E-state index contributed by atoms with van der Waals surface area (Å²) >= 11 is 0. The number of amides is 2. The molecule has 2 amide bonds. The van der Waals surface area contributed by atoms with Gasteiger partial charge in [0.1, 0.15) is 0 Å². The van der Waals surface area contributed by atoms with Crippen molar-refractivity contribution < 1.29 is 9.59 Å². The molecule has 3 heteroatoms. The van der Waals surface area contributed by atoms with Crippen LogP contribution in [0.2, 0.25) is 0 Å². The Morgan fingerprint density at radius 3 is 2.15 bits per heavy atom. The minimum Gasteiger partial charge on any atom is -0.296 e. The van der Waals surface area contributed by atoms with Gasteiger partial charge in [0.15, 0.2) is 0 Å². The van der Waals surface area contributed by atoms with Gasteiger partial charge in [-0.3, -0.25) is 14.9 Å². The number of imide groups is 1. The molecule has 0 aliphatic carbocycles. The average Bonchev–Trinajstić information content (AvgIpc) is 2.78. The molecule has 1 atom stereocenters. The van der Waals surface area contributed by atoms with Crippen molar-refractivity contribution in [3.63, 3.8) is 0 Å². The highest BCUT2D eigenvalue weighted by atomic mass is 16.2. The molecule has 3 nitrogen and oxygen atoms in total. The Labute approximate surface area is 160 Å². The Hall–Kier alpha value is -1.64. The van der Waals surface area contributed by atoms with Crippen LogP contribution in [0.3, 0.4) is 0 Å². The van der Waals surface area contributed by atoms with Crippen molar-refractivity contribution in [2.75, 3.05) is 0 Å². The van der Waals surface area contributed by atoms with E-state index in [4.69, 9.17) is 0 Å². The number of carbonyl (C=O) groups excluding carboxylic acids is 2. The minimum absolute atomic E-state index is 0.0835. The molecule has 1 heterocycles. The third kappa shape index (κ3) is 4.96. The van der Waals surface area contributed by atoms with Crippen molar-refractivity contribution in [1.82, 2.24) is 5.32 Å². The second-order valence-corrected chi connectivity index (χ2v) is 9.15. The topological polar surface area (TPSA) is 46.2 Å². The molecular weight excluding hydrogens is 322 g/mol. The van der Waals surface area contributed by atoms with Gasteiger partial charge in [0.05, 0.1) is 5.41 Å². The summed E-state index contributed by atoms with van der Waals surface area (Å²) in [6.07, 6.45) is 10.3. The maximum absolute atomic E-state index is 12.2. The standard InChI is InChI=1S/C23H37NO2/c1-9-12-18(17(11-3)21(4,5)13-10-2)22(6,7)14-15-23(8)16-19(25)24-20(23)26/h9,11-12H,1,10,13-16H2,2-8H3,(H,24,25,26)/b17-11+,18-12+. The van der Waals surface area contributed by atoms with Crippen LogP contribution in [0, 0.1) is 16.2 Å². The minimum atomic E-state index is -0.595. The predicted molar refractivity (Wildman–Crippen MR) is 110 cm³/mol. The molecule has 26 heavy (non-hydrogen) atoms. The average molecular weight is 360 g/mol. The highest BCUT2D eigenvalue weighted by Gasteiger charge is 2.43. The van der Waals surface area contributed by atoms with Crippen molar-refractivity contribution in [1.29, 1.82) is 0 Å². The Morgan fingerprint density at radius 2 is 1.73 bits per heavy atom. The van der Waals surface area contributed by atoms with E-state index in [1.165, 1.54) is 11.1 Å². The first kappa shape index (κ1) is 22.4. The number of nitrogens with one attached hydrogen (secondary N) is 1. The number of hydrogen-bond donors (Lipinski definition) is 1. The van der Waals surface area contributed by atoms with Gasteiger partial charge in [-0.25, -0.2) is 0 Å². The van der Waals surface area contributed by atoms with Crippen molar-refractivity contribution in [2.24, 2.45) is 16.2 Å². The van der Waals surface area contributed by atoms with Crippen LogP contribution < -0.4 is 5.32 Å². The molecule has 0 radical (unpaired) electrons. The van der Waals surface area contributed by atoms with E-state index in [1.807, 2.05) is 13.0 Å². The lowest BCUT2D eigenvalue weighted by Gasteiger charge is -2.38. The lowest BCUT2D eigenvalue weighted by molar-refractivity contribution is -0.128. The number of hydrogen-bond acceptors (Lipinski definition) is 2. The van der Waals surface area contributed by atoms with E-state index in [0.717, 1.165) is 19.3 Å². The van der Waals surface area contributed by atoms with Gasteiger partial charge in [-0.15, -0.1) is 0 Å². The normalized spacial score (nSPS) is 22.6. The molecule has 1 aliphatic heterocycles. The largest absolute Gasteiger partial charge is 0.296 e. The molecule has 0 aromatic heterocycles. The van der Waals surface area contributed by atoms with Crippen LogP contribution in [0.15, 0.2) is 36.0 Å². The van der Waals surface area contributed by atoms with Crippen LogP contribution in [-0.2, 0) is 9.59 Å². The fourth-order valence-electron chi connectivity index (χ4n) is 4.15. The summed E-state index contributed by atoms with van der Waals surface area (Å²) in [6.45, 7) is 19.2. The second kappa shape index (κ2) is 8.37. The van der Waals surface area contributed by atoms with E-state index >= 15 is 0 Å². The zero-order valence-electron chi connectivity index (χ0n) is 17.8. The fraction of sp³-hybridized carbons (Fsp3) is 0.652. The van der Waals surface area contributed by atoms with Crippen molar-refractivity contribution >= 4 is 11.8 Å². The number of carbonyl (C=O) groups is 2. The fourth-order valence-corrected chi connectivity index (χ4v) is 4.15. The Balaban J connectivity index is 3.11. The highest BCUT2D eigenvalue weighted by molar-refractivity contribution is 6.05. The highest BCUT2D eigenvalue weighted by Crippen LogP contribution is 2.47. The molecule has 1 fully saturated rings. The summed E-state index contributed by atoms with van der Waals surface area (Å²) in [5.74, 6) is -0.291. The van der Waals surface area contributed by atoms with E-state index in [-0.39, 0.29) is 22.6 Å². The molecule has 0 bridgehead atoms. The van der Waals surface area contributed by atoms with E-state index in [9.17, 15) is 9.59 Å². The molecule has 1 unspecified atom stereocenters. The van der Waals surface area contributed by atoms with Crippen LogP contribution in [0.4, 0.5) is 0 Å². The first-order chi connectivity index (χ1) is 11.9. The first-order valence-electron chi connectivity index (χ1n) is 9.78. The Kier molecular flexibility index (Phi) is 7.21. The quantitative estimate of drug-likeness (QED) is 0.422. The molecule has 146 valence electrons. The second-order valence-electron chi connectivity index (χ2n) is 9.15. The van der Waals surface area contributed by atoms with Gasteiger partial charge in [0.25, 0.3) is 0 Å². The smallest absolute Gasteiger partial charge is 0.233 e.